The summed E-state index contributed by atoms with van der Waals surface area (Å²) in [6, 6.07) is 10.1. The Morgan fingerprint density at radius 2 is 1.96 bits per heavy atom. The van der Waals surface area contributed by atoms with Crippen LogP contribution in [0.15, 0.2) is 59.1 Å². The molecule has 0 aliphatic rings. The summed E-state index contributed by atoms with van der Waals surface area (Å²) in [5.74, 6) is -1.25. The van der Waals surface area contributed by atoms with Crippen LogP contribution >= 0.6 is 11.3 Å². The zero-order valence-corrected chi connectivity index (χ0v) is 15.0. The molecule has 2 heterocycles. The van der Waals surface area contributed by atoms with E-state index in [0.717, 1.165) is 11.1 Å². The summed E-state index contributed by atoms with van der Waals surface area (Å²) in [6.07, 6.45) is 3.33. The lowest BCUT2D eigenvalue weighted by molar-refractivity contribution is -0.113. The van der Waals surface area contributed by atoms with Crippen molar-refractivity contribution in [1.29, 1.82) is 0 Å². The van der Waals surface area contributed by atoms with E-state index in [1.807, 2.05) is 13.0 Å². The van der Waals surface area contributed by atoms with Gasteiger partial charge in [-0.3, -0.25) is 9.78 Å². The summed E-state index contributed by atoms with van der Waals surface area (Å²) in [5, 5.41) is 4.67. The van der Waals surface area contributed by atoms with Crippen molar-refractivity contribution in [3.8, 4) is 11.3 Å². The smallest absolute Gasteiger partial charge is 0.241 e. The van der Waals surface area contributed by atoms with Crippen LogP contribution in [0, 0.1) is 6.92 Å². The maximum Gasteiger partial charge on any atom is 0.241 e. The summed E-state index contributed by atoms with van der Waals surface area (Å²) in [5.41, 5.74) is 2.45. The fourth-order valence-electron chi connectivity index (χ4n) is 2.13. The van der Waals surface area contributed by atoms with Gasteiger partial charge in [-0.25, -0.2) is 13.4 Å². The van der Waals surface area contributed by atoms with Gasteiger partial charge in [0.05, 0.1) is 10.6 Å². The van der Waals surface area contributed by atoms with Crippen LogP contribution in [0.1, 0.15) is 5.56 Å². The molecule has 0 fully saturated rings. The second-order valence-corrected chi connectivity index (χ2v) is 8.25. The van der Waals surface area contributed by atoms with Gasteiger partial charge in [0.1, 0.15) is 5.75 Å². The second kappa shape index (κ2) is 7.12. The lowest BCUT2D eigenvalue weighted by atomic mass is 10.2. The molecule has 0 aliphatic heterocycles. The van der Waals surface area contributed by atoms with E-state index in [1.165, 1.54) is 23.5 Å². The van der Waals surface area contributed by atoms with Crippen LogP contribution in [0.5, 0.6) is 0 Å². The van der Waals surface area contributed by atoms with Crippen molar-refractivity contribution in [2.24, 2.45) is 0 Å². The van der Waals surface area contributed by atoms with Gasteiger partial charge in [-0.05, 0) is 31.2 Å². The Morgan fingerprint density at radius 1 is 1.20 bits per heavy atom. The van der Waals surface area contributed by atoms with Gasteiger partial charge >= 0.3 is 0 Å². The van der Waals surface area contributed by atoms with Crippen molar-refractivity contribution in [2.75, 3.05) is 11.1 Å². The Labute approximate surface area is 149 Å². The first kappa shape index (κ1) is 17.2. The first-order valence-electron chi connectivity index (χ1n) is 7.39. The summed E-state index contributed by atoms with van der Waals surface area (Å²) < 4.78 is 24.6. The number of hydrogen-bond acceptors (Lipinski definition) is 6. The van der Waals surface area contributed by atoms with Crippen LogP contribution < -0.4 is 5.32 Å². The molecule has 0 saturated heterocycles. The molecular weight excluding hydrogens is 358 g/mol. The minimum absolute atomic E-state index is 0.128. The largest absolute Gasteiger partial charge is 0.301 e. The number of thiazole rings is 1. The monoisotopic (exact) mass is 373 g/mol. The van der Waals surface area contributed by atoms with Crippen molar-refractivity contribution in [3.63, 3.8) is 0 Å². The number of benzene rings is 1. The number of carbonyl (C=O) groups excluding carboxylic acids is 1. The van der Waals surface area contributed by atoms with Gasteiger partial charge in [0, 0.05) is 23.3 Å². The van der Waals surface area contributed by atoms with Crippen molar-refractivity contribution >= 4 is 32.2 Å². The van der Waals surface area contributed by atoms with Gasteiger partial charge in [0.2, 0.25) is 5.91 Å². The van der Waals surface area contributed by atoms with Gasteiger partial charge in [0.25, 0.3) is 0 Å². The number of anilines is 1. The third kappa shape index (κ3) is 4.28. The number of rotatable bonds is 5. The Balaban J connectivity index is 1.69. The topological polar surface area (TPSA) is 89.0 Å². The number of nitrogens with zero attached hydrogens (tertiary/aromatic N) is 2. The Morgan fingerprint density at radius 3 is 2.64 bits per heavy atom. The normalized spacial score (nSPS) is 11.2. The van der Waals surface area contributed by atoms with Crippen molar-refractivity contribution in [3.05, 3.63) is 59.7 Å². The third-order valence-electron chi connectivity index (χ3n) is 3.41. The molecule has 0 radical (unpaired) electrons. The minimum Gasteiger partial charge on any atom is -0.301 e. The predicted molar refractivity (Wildman–Crippen MR) is 97.2 cm³/mol. The average molecular weight is 373 g/mol. The fraction of sp³-hybridized carbons (Fsp3) is 0.118. The average Bonchev–Trinajstić information content (AvgIpc) is 3.04. The quantitative estimate of drug-likeness (QED) is 0.743. The van der Waals surface area contributed by atoms with Crippen LogP contribution in [0.4, 0.5) is 5.13 Å². The lowest BCUT2D eigenvalue weighted by Crippen LogP contribution is -2.22. The number of carbonyl (C=O) groups is 1. The van der Waals surface area contributed by atoms with Crippen LogP contribution in [-0.4, -0.2) is 30.0 Å². The molecule has 2 aromatic heterocycles. The number of nitrogens with one attached hydrogen (secondary N) is 1. The van der Waals surface area contributed by atoms with E-state index >= 15 is 0 Å². The number of hydrogen-bond donors (Lipinski definition) is 1. The van der Waals surface area contributed by atoms with E-state index in [-0.39, 0.29) is 4.90 Å². The van der Waals surface area contributed by atoms with E-state index < -0.39 is 21.5 Å². The highest BCUT2D eigenvalue weighted by Crippen LogP contribution is 2.24. The predicted octanol–water partition coefficient (Wildman–Crippen LogP) is 2.93. The van der Waals surface area contributed by atoms with E-state index in [2.05, 4.69) is 15.3 Å². The molecule has 6 nitrogen and oxygen atoms in total. The molecule has 128 valence electrons. The molecule has 0 atom stereocenters. The first-order valence-corrected chi connectivity index (χ1v) is 9.92. The number of aryl methyl sites for hydroxylation is 1. The maximum absolute atomic E-state index is 12.3. The van der Waals surface area contributed by atoms with Crippen LogP contribution in [-0.2, 0) is 14.6 Å². The molecule has 3 aromatic rings. The van der Waals surface area contributed by atoms with Crippen LogP contribution in [0.3, 0.4) is 0 Å². The SMILES string of the molecule is Cc1ccc(S(=O)(=O)CC(=O)Nc2nc(-c3cccnc3)cs2)cc1. The van der Waals surface area contributed by atoms with Crippen molar-refractivity contribution < 1.29 is 13.2 Å². The van der Waals surface area contributed by atoms with E-state index in [0.29, 0.717) is 10.8 Å². The van der Waals surface area contributed by atoms with Gasteiger partial charge in [-0.15, -0.1) is 11.3 Å². The van der Waals surface area contributed by atoms with Gasteiger partial charge in [-0.2, -0.15) is 0 Å². The van der Waals surface area contributed by atoms with Crippen molar-refractivity contribution in [2.45, 2.75) is 11.8 Å². The molecule has 0 spiro atoms. The standard InChI is InChI=1S/C17H15N3O3S2/c1-12-4-6-14(7-5-12)25(22,23)11-16(21)20-17-19-15(10-24-17)13-3-2-8-18-9-13/h2-10H,11H2,1H3,(H,19,20,21). The van der Waals surface area contributed by atoms with Crippen LogP contribution in [0.25, 0.3) is 11.3 Å². The highest BCUT2D eigenvalue weighted by molar-refractivity contribution is 7.92. The Hall–Kier alpha value is -2.58. The zero-order chi connectivity index (χ0) is 17.9. The van der Waals surface area contributed by atoms with Gasteiger partial charge in [-0.1, -0.05) is 17.7 Å². The molecule has 1 N–H and O–H groups in total. The summed E-state index contributed by atoms with van der Waals surface area (Å²) in [7, 11) is -3.69. The first-order chi connectivity index (χ1) is 11.9. The highest BCUT2D eigenvalue weighted by atomic mass is 32.2. The maximum atomic E-state index is 12.3. The second-order valence-electron chi connectivity index (χ2n) is 5.40. The van der Waals surface area contributed by atoms with Crippen molar-refractivity contribution in [1.82, 2.24) is 9.97 Å². The lowest BCUT2D eigenvalue weighted by Gasteiger charge is -2.05. The van der Waals surface area contributed by atoms with Crippen LogP contribution in [0.2, 0.25) is 0 Å². The van der Waals surface area contributed by atoms with E-state index in [9.17, 15) is 13.2 Å². The summed E-state index contributed by atoms with van der Waals surface area (Å²) in [4.78, 5) is 20.5. The fourth-order valence-corrected chi connectivity index (χ4v) is 4.01. The molecule has 3 rings (SSSR count). The number of aromatic nitrogens is 2. The Bertz CT molecular complexity index is 981. The molecule has 8 heteroatoms. The number of pyridine rings is 1. The molecule has 25 heavy (non-hydrogen) atoms. The molecule has 0 aliphatic carbocycles. The number of sulfone groups is 1. The minimum atomic E-state index is -3.69. The third-order valence-corrected chi connectivity index (χ3v) is 5.80. The van der Waals surface area contributed by atoms with E-state index in [4.69, 9.17) is 0 Å². The molecule has 1 amide bonds. The van der Waals surface area contributed by atoms with Gasteiger partial charge < -0.3 is 5.32 Å². The summed E-state index contributed by atoms with van der Waals surface area (Å²) >= 11 is 1.23. The van der Waals surface area contributed by atoms with Gasteiger partial charge in [0.15, 0.2) is 15.0 Å². The molecular formula is C17H15N3O3S2. The summed E-state index contributed by atoms with van der Waals surface area (Å²) in [6.45, 7) is 1.87. The molecule has 0 bridgehead atoms. The highest BCUT2D eigenvalue weighted by Gasteiger charge is 2.20. The molecule has 0 unspecified atom stereocenters. The Kier molecular flexibility index (Phi) is 4.91. The zero-order valence-electron chi connectivity index (χ0n) is 13.3. The molecule has 0 saturated carbocycles. The van der Waals surface area contributed by atoms with E-state index in [1.54, 1.807) is 36.0 Å². The number of amides is 1. The molecule has 1 aromatic carbocycles.